The molecule has 2 heterocycles. The lowest BCUT2D eigenvalue weighted by Gasteiger charge is -2.27. The molecule has 0 atom stereocenters. The minimum Gasteiger partial charge on any atom is -0.453 e. The third-order valence-corrected chi connectivity index (χ3v) is 16.6. The molecule has 0 unspecified atom stereocenters. The van der Waals surface area contributed by atoms with Crippen molar-refractivity contribution in [2.24, 2.45) is 0 Å². The van der Waals surface area contributed by atoms with Crippen LogP contribution in [0.5, 0.6) is 0 Å². The molecule has 0 aliphatic rings. The highest BCUT2D eigenvalue weighted by molar-refractivity contribution is 9.10. The zero-order chi connectivity index (χ0) is 41.8. The smallest absolute Gasteiger partial charge is 0.411 e. The molecule has 59 heavy (non-hydrogen) atoms. The van der Waals surface area contributed by atoms with Crippen LogP contribution in [-0.2, 0) is 21.0 Å². The van der Waals surface area contributed by atoms with Gasteiger partial charge in [0.25, 0.3) is 0 Å². The summed E-state index contributed by atoms with van der Waals surface area (Å²) in [6, 6.07) is 41.6. The zero-order valence-electron chi connectivity index (χ0n) is 33.9. The topological polar surface area (TPSA) is 124 Å². The predicted octanol–water partition coefficient (Wildman–Crippen LogP) is 9.53. The van der Waals surface area contributed by atoms with E-state index in [1.807, 2.05) is 0 Å². The van der Waals surface area contributed by atoms with Gasteiger partial charge >= 0.3 is 6.09 Å². The molecule has 6 rings (SSSR count). The van der Waals surface area contributed by atoms with Crippen molar-refractivity contribution < 1.29 is 23.9 Å². The Morgan fingerprint density at radius 1 is 0.797 bits per heavy atom. The number of nitrogens with one attached hydrogen (secondary N) is 2. The number of pyridine rings is 1. The highest BCUT2D eigenvalue weighted by Crippen LogP contribution is 2.56. The number of halogens is 1. The van der Waals surface area contributed by atoms with Gasteiger partial charge in [0.05, 0.1) is 24.7 Å². The van der Waals surface area contributed by atoms with Crippen molar-refractivity contribution in [1.82, 2.24) is 14.5 Å². The van der Waals surface area contributed by atoms with Crippen LogP contribution in [0.3, 0.4) is 0 Å². The van der Waals surface area contributed by atoms with Gasteiger partial charge in [-0.25, -0.2) is 9.78 Å². The standard InChI is InChI=1S/C46H49BrN5O5PSi/c1-56-46(55)49-35-24-25-39(42-32-52(33-57-27-29-59(2,3)4)45(51-42)44(54)40-26-23-34(47)31-48-40)41(30-35)50-43(53)22-14-15-28-58(36-16-8-5-9-17-36,37-18-10-6-11-19-37)38-20-12-7-13-21-38/h5-13,16-21,23-26,30-32H,14-15,22,27-29,33H2,1-4H3,(H-,49,50,53,55)/p+1. The van der Waals surface area contributed by atoms with E-state index >= 15 is 0 Å². The number of rotatable bonds is 18. The number of hydrogen-bond donors (Lipinski definition) is 2. The second kappa shape index (κ2) is 20.1. The zero-order valence-corrected chi connectivity index (χ0v) is 37.3. The van der Waals surface area contributed by atoms with Gasteiger partial charge in [0.1, 0.15) is 35.6 Å². The van der Waals surface area contributed by atoms with Crippen LogP contribution in [0.1, 0.15) is 35.6 Å². The predicted molar refractivity (Wildman–Crippen MR) is 246 cm³/mol. The quantitative estimate of drug-likeness (QED) is 0.0381. The summed E-state index contributed by atoms with van der Waals surface area (Å²) in [4.78, 5) is 49.0. The van der Waals surface area contributed by atoms with Crippen LogP contribution in [0.4, 0.5) is 16.2 Å². The Balaban J connectivity index is 1.26. The van der Waals surface area contributed by atoms with E-state index in [0.29, 0.717) is 35.7 Å². The maximum Gasteiger partial charge on any atom is 0.411 e. The summed E-state index contributed by atoms with van der Waals surface area (Å²) in [5, 5.41) is 9.69. The SMILES string of the molecule is COC(=O)Nc1ccc(-c2cn(COCC[Si](C)(C)C)c(C(=O)c3ccc(Br)cn3)n2)c(NC(=O)CCCC[P+](c2ccccc2)(c2ccccc2)c2ccccc2)c1. The third-order valence-electron chi connectivity index (χ3n) is 9.91. The van der Waals surface area contributed by atoms with Gasteiger partial charge in [-0.05, 0) is 102 Å². The van der Waals surface area contributed by atoms with E-state index in [1.54, 1.807) is 47.3 Å². The molecule has 0 aliphatic heterocycles. The normalized spacial score (nSPS) is 11.5. The van der Waals surface area contributed by atoms with Crippen LogP contribution in [0.15, 0.2) is 138 Å². The van der Waals surface area contributed by atoms with Gasteiger partial charge < -0.3 is 19.4 Å². The molecule has 0 aliphatic carbocycles. The number of amides is 2. The lowest BCUT2D eigenvalue weighted by Crippen LogP contribution is -2.33. The first-order chi connectivity index (χ1) is 28.5. The molecular formula is C46H50BrN5O5PSi+. The first kappa shape index (κ1) is 43.3. The van der Waals surface area contributed by atoms with Gasteiger partial charge in [-0.15, -0.1) is 0 Å². The largest absolute Gasteiger partial charge is 0.453 e. The van der Waals surface area contributed by atoms with Gasteiger partial charge in [-0.2, -0.15) is 0 Å². The average Bonchev–Trinajstić information content (AvgIpc) is 3.67. The monoisotopic (exact) mass is 890 g/mol. The van der Waals surface area contributed by atoms with Crippen molar-refractivity contribution >= 4 is 76.3 Å². The summed E-state index contributed by atoms with van der Waals surface area (Å²) < 4.78 is 13.3. The Hall–Kier alpha value is -5.26. The van der Waals surface area contributed by atoms with Crippen LogP contribution in [0, 0.1) is 0 Å². The highest BCUT2D eigenvalue weighted by Gasteiger charge is 2.44. The second-order valence-corrected chi connectivity index (χ2v) is 25.5. The van der Waals surface area contributed by atoms with Gasteiger partial charge in [0.15, 0.2) is 5.82 Å². The molecule has 13 heteroatoms. The molecule has 0 saturated heterocycles. The molecule has 10 nitrogen and oxygen atoms in total. The molecule has 2 amide bonds. The molecule has 0 spiro atoms. The molecule has 6 aromatic rings. The highest BCUT2D eigenvalue weighted by atomic mass is 79.9. The third kappa shape index (κ3) is 11.3. The summed E-state index contributed by atoms with van der Waals surface area (Å²) in [5.74, 6) is -0.402. The molecule has 2 aromatic heterocycles. The van der Waals surface area contributed by atoms with Crippen LogP contribution in [0.2, 0.25) is 25.7 Å². The molecule has 2 N–H and O–H groups in total. The van der Waals surface area contributed by atoms with E-state index < -0.39 is 21.4 Å². The fourth-order valence-electron chi connectivity index (χ4n) is 6.84. The molecule has 0 bridgehead atoms. The maximum absolute atomic E-state index is 13.8. The number of aromatic nitrogens is 3. The lowest BCUT2D eigenvalue weighted by atomic mass is 10.1. The Bertz CT molecular complexity index is 2240. The fraction of sp³-hybridized carbons (Fsp3) is 0.239. The minimum absolute atomic E-state index is 0.109. The molecular weight excluding hydrogens is 841 g/mol. The molecule has 304 valence electrons. The summed E-state index contributed by atoms with van der Waals surface area (Å²) >= 11 is 3.39. The molecule has 0 radical (unpaired) electrons. The maximum atomic E-state index is 13.8. The van der Waals surface area contributed by atoms with Crippen molar-refractivity contribution in [3.05, 3.63) is 150 Å². The number of anilines is 2. The second-order valence-electron chi connectivity index (χ2n) is 15.4. The van der Waals surface area contributed by atoms with E-state index in [1.165, 1.54) is 23.0 Å². The van der Waals surface area contributed by atoms with Gasteiger partial charge in [0.2, 0.25) is 11.7 Å². The van der Waals surface area contributed by atoms with Gasteiger partial charge in [0, 0.05) is 49.2 Å². The van der Waals surface area contributed by atoms with E-state index in [-0.39, 0.29) is 36.4 Å². The van der Waals surface area contributed by atoms with Crippen molar-refractivity contribution in [1.29, 1.82) is 0 Å². The minimum atomic E-state index is -2.04. The van der Waals surface area contributed by atoms with Crippen molar-refractivity contribution in [3.63, 3.8) is 0 Å². The number of benzene rings is 4. The van der Waals surface area contributed by atoms with Crippen molar-refractivity contribution in [2.75, 3.05) is 30.5 Å². The van der Waals surface area contributed by atoms with Crippen LogP contribution >= 0.6 is 23.2 Å². The Kier molecular flexibility index (Phi) is 14.8. The summed E-state index contributed by atoms with van der Waals surface area (Å²) in [7, 11) is -2.11. The number of hydrogen-bond acceptors (Lipinski definition) is 7. The van der Waals surface area contributed by atoms with E-state index in [2.05, 4.69) is 142 Å². The van der Waals surface area contributed by atoms with Gasteiger partial charge in [-0.1, -0.05) is 74.2 Å². The Morgan fingerprint density at radius 3 is 1.98 bits per heavy atom. The van der Waals surface area contributed by atoms with Crippen LogP contribution < -0.4 is 26.5 Å². The number of nitrogens with zero attached hydrogens (tertiary/aromatic N) is 3. The van der Waals surface area contributed by atoms with Crippen LogP contribution in [-0.4, -0.2) is 60.3 Å². The van der Waals surface area contributed by atoms with E-state index in [9.17, 15) is 14.4 Å². The molecule has 0 saturated carbocycles. The number of carbonyl (C=O) groups is 3. The fourth-order valence-corrected chi connectivity index (χ4v) is 12.2. The summed E-state index contributed by atoms with van der Waals surface area (Å²) in [5.41, 5.74) is 2.09. The van der Waals surface area contributed by atoms with E-state index in [4.69, 9.17) is 14.5 Å². The molecule has 0 fully saturated rings. The van der Waals surface area contributed by atoms with E-state index in [0.717, 1.165) is 23.1 Å². The van der Waals surface area contributed by atoms with Crippen molar-refractivity contribution in [2.45, 2.75) is 51.7 Å². The first-order valence-electron chi connectivity index (χ1n) is 19.6. The lowest BCUT2D eigenvalue weighted by molar-refractivity contribution is -0.116. The molecule has 4 aromatic carbocycles. The number of methoxy groups -OCH3 is 1. The van der Waals surface area contributed by atoms with Gasteiger partial charge in [-0.3, -0.25) is 19.9 Å². The number of ether oxygens (including phenoxy) is 2. The van der Waals surface area contributed by atoms with Crippen LogP contribution in [0.25, 0.3) is 11.3 Å². The summed E-state index contributed by atoms with van der Waals surface area (Å²) in [6.45, 7) is 7.50. The number of ketones is 1. The average molecular weight is 892 g/mol. The first-order valence-corrected chi connectivity index (χ1v) is 26.1. The Morgan fingerprint density at radius 2 is 1.42 bits per heavy atom. The summed E-state index contributed by atoms with van der Waals surface area (Å²) in [6.07, 6.45) is 5.30. The number of unbranched alkanes of at least 4 members (excludes halogenated alkanes) is 1. The van der Waals surface area contributed by atoms with Crippen molar-refractivity contribution in [3.8, 4) is 11.3 Å². The number of carbonyl (C=O) groups excluding carboxylic acids is 3. The number of imidazole rings is 1. The Labute approximate surface area is 356 Å².